The summed E-state index contributed by atoms with van der Waals surface area (Å²) in [5.74, 6) is 0. The summed E-state index contributed by atoms with van der Waals surface area (Å²) in [5.41, 5.74) is 7.20. The zero-order valence-corrected chi connectivity index (χ0v) is 8.77. The summed E-state index contributed by atoms with van der Waals surface area (Å²) >= 11 is 3.42. The molecule has 66 valence electrons. The summed E-state index contributed by atoms with van der Waals surface area (Å²) in [6.07, 6.45) is 2.76. The summed E-state index contributed by atoms with van der Waals surface area (Å²) in [6, 6.07) is 0. The fourth-order valence-corrected chi connectivity index (χ4v) is 2.21. The first-order valence-electron chi connectivity index (χ1n) is 3.96. The summed E-state index contributed by atoms with van der Waals surface area (Å²) < 4.78 is 0.982. The van der Waals surface area contributed by atoms with Crippen LogP contribution in [0.3, 0.4) is 0 Å². The van der Waals surface area contributed by atoms with Crippen molar-refractivity contribution in [3.05, 3.63) is 16.4 Å². The first-order valence-corrected chi connectivity index (χ1v) is 4.75. The van der Waals surface area contributed by atoms with Crippen molar-refractivity contribution in [1.82, 2.24) is 10.2 Å². The lowest BCUT2D eigenvalue weighted by Crippen LogP contribution is -2.26. The average molecular weight is 230 g/mol. The van der Waals surface area contributed by atoms with Crippen LogP contribution in [0.4, 0.5) is 0 Å². The maximum Gasteiger partial charge on any atom is 0.0698 e. The number of hydrogen-bond donors (Lipinski definition) is 2. The molecule has 0 radical (unpaired) electrons. The Morgan fingerprint density at radius 1 is 1.67 bits per heavy atom. The number of aromatic nitrogens is 2. The number of nitrogens with two attached hydrogens (primary N) is 1. The lowest BCUT2D eigenvalue weighted by molar-refractivity contribution is 0.497. The molecule has 0 bridgehead atoms. The minimum absolute atomic E-state index is 0.196. The summed E-state index contributed by atoms with van der Waals surface area (Å²) in [7, 11) is 0. The molecular weight excluding hydrogens is 218 g/mol. The summed E-state index contributed by atoms with van der Waals surface area (Å²) in [5, 5.41) is 6.88. The van der Waals surface area contributed by atoms with E-state index in [1.807, 2.05) is 0 Å². The molecule has 1 aromatic heterocycles. The van der Waals surface area contributed by atoms with E-state index in [4.69, 9.17) is 5.73 Å². The Kier molecular flexibility index (Phi) is 1.46. The number of nitrogens with zero attached hydrogens (tertiary/aromatic N) is 1. The highest BCUT2D eigenvalue weighted by molar-refractivity contribution is 9.10. The molecule has 3 N–H and O–H groups in total. The molecule has 12 heavy (non-hydrogen) atoms. The van der Waals surface area contributed by atoms with E-state index in [1.54, 1.807) is 6.20 Å². The second kappa shape index (κ2) is 2.12. The topological polar surface area (TPSA) is 54.7 Å². The van der Waals surface area contributed by atoms with Crippen molar-refractivity contribution in [3.63, 3.8) is 0 Å². The minimum atomic E-state index is -0.206. The van der Waals surface area contributed by atoms with Crippen molar-refractivity contribution in [2.24, 2.45) is 11.1 Å². The van der Waals surface area contributed by atoms with Crippen LogP contribution in [0.15, 0.2) is 10.7 Å². The second-order valence-corrected chi connectivity index (χ2v) is 4.98. The first kappa shape index (κ1) is 8.26. The molecule has 3 nitrogen and oxygen atoms in total. The number of hydrogen-bond acceptors (Lipinski definition) is 2. The van der Waals surface area contributed by atoms with E-state index in [-0.39, 0.29) is 11.0 Å². The van der Waals surface area contributed by atoms with Crippen LogP contribution in [0.1, 0.15) is 26.0 Å². The standard InChI is InChI=1S/C8H12BrN3/c1-7(2)4-8(7,10)6-5(9)3-11-12-6/h3H,4,10H2,1-2H3,(H,11,12). The molecule has 0 saturated heterocycles. The van der Waals surface area contributed by atoms with Crippen LogP contribution < -0.4 is 5.73 Å². The van der Waals surface area contributed by atoms with Gasteiger partial charge in [-0.15, -0.1) is 0 Å². The highest BCUT2D eigenvalue weighted by Gasteiger charge is 2.61. The van der Waals surface area contributed by atoms with E-state index in [1.165, 1.54) is 0 Å². The number of nitrogens with one attached hydrogen (secondary N) is 1. The molecule has 0 aliphatic heterocycles. The Hall–Kier alpha value is -0.350. The lowest BCUT2D eigenvalue weighted by atomic mass is 10.0. The molecule has 1 aromatic rings. The quantitative estimate of drug-likeness (QED) is 0.772. The monoisotopic (exact) mass is 229 g/mol. The maximum absolute atomic E-state index is 6.19. The van der Waals surface area contributed by atoms with Crippen LogP contribution in [0, 0.1) is 5.41 Å². The molecule has 2 rings (SSSR count). The normalized spacial score (nSPS) is 32.0. The highest BCUT2D eigenvalue weighted by Crippen LogP contribution is 2.60. The largest absolute Gasteiger partial charge is 0.320 e. The van der Waals surface area contributed by atoms with Crippen LogP contribution in [0.2, 0.25) is 0 Å². The van der Waals surface area contributed by atoms with Crippen molar-refractivity contribution in [2.75, 3.05) is 0 Å². The van der Waals surface area contributed by atoms with Gasteiger partial charge in [0.15, 0.2) is 0 Å². The zero-order chi connectivity index (χ0) is 8.98. The highest BCUT2D eigenvalue weighted by atomic mass is 79.9. The molecule has 4 heteroatoms. The summed E-state index contributed by atoms with van der Waals surface area (Å²) in [4.78, 5) is 0. The van der Waals surface area contributed by atoms with Gasteiger partial charge in [0.25, 0.3) is 0 Å². The van der Waals surface area contributed by atoms with Gasteiger partial charge in [-0.2, -0.15) is 5.10 Å². The van der Waals surface area contributed by atoms with Crippen LogP contribution in [-0.4, -0.2) is 10.2 Å². The predicted molar refractivity (Wildman–Crippen MR) is 50.6 cm³/mol. The molecule has 0 aromatic carbocycles. The molecule has 1 saturated carbocycles. The second-order valence-electron chi connectivity index (χ2n) is 4.12. The number of halogens is 1. The van der Waals surface area contributed by atoms with E-state index >= 15 is 0 Å². The average Bonchev–Trinajstić information content (AvgIpc) is 2.36. The van der Waals surface area contributed by atoms with Crippen LogP contribution in [0.5, 0.6) is 0 Å². The van der Waals surface area contributed by atoms with Crippen LogP contribution >= 0.6 is 15.9 Å². The Labute approximate surface area is 79.9 Å². The molecule has 1 aliphatic rings. The van der Waals surface area contributed by atoms with Gasteiger partial charge in [-0.1, -0.05) is 13.8 Å². The third-order valence-electron chi connectivity index (χ3n) is 2.84. The molecular formula is C8H12BrN3. The fourth-order valence-electron chi connectivity index (χ4n) is 1.66. The summed E-state index contributed by atoms with van der Waals surface area (Å²) in [6.45, 7) is 4.33. The molecule has 1 aliphatic carbocycles. The Morgan fingerprint density at radius 2 is 2.25 bits per heavy atom. The molecule has 0 amide bonds. The third-order valence-corrected chi connectivity index (χ3v) is 3.44. The van der Waals surface area contributed by atoms with E-state index in [2.05, 4.69) is 40.0 Å². The van der Waals surface area contributed by atoms with Gasteiger partial charge in [0.1, 0.15) is 0 Å². The SMILES string of the molecule is CC1(C)CC1(N)c1[nH]ncc1Br. The van der Waals surface area contributed by atoms with Gasteiger partial charge < -0.3 is 5.73 Å². The van der Waals surface area contributed by atoms with Crippen molar-refractivity contribution in [2.45, 2.75) is 25.8 Å². The number of aromatic amines is 1. The smallest absolute Gasteiger partial charge is 0.0698 e. The Balaban J connectivity index is 2.40. The van der Waals surface area contributed by atoms with Crippen molar-refractivity contribution in [3.8, 4) is 0 Å². The van der Waals surface area contributed by atoms with Crippen molar-refractivity contribution in [1.29, 1.82) is 0 Å². The van der Waals surface area contributed by atoms with E-state index in [0.717, 1.165) is 16.6 Å². The third kappa shape index (κ3) is 0.880. The first-order chi connectivity index (χ1) is 5.47. The van der Waals surface area contributed by atoms with Gasteiger partial charge in [-0.05, 0) is 27.8 Å². The van der Waals surface area contributed by atoms with Gasteiger partial charge >= 0.3 is 0 Å². The molecule has 1 unspecified atom stereocenters. The van der Waals surface area contributed by atoms with Crippen LogP contribution in [-0.2, 0) is 5.54 Å². The van der Waals surface area contributed by atoms with Crippen molar-refractivity contribution >= 4 is 15.9 Å². The van der Waals surface area contributed by atoms with Gasteiger partial charge in [0.2, 0.25) is 0 Å². The number of rotatable bonds is 1. The molecule has 0 spiro atoms. The zero-order valence-electron chi connectivity index (χ0n) is 7.19. The van der Waals surface area contributed by atoms with Gasteiger partial charge in [0.05, 0.1) is 21.9 Å². The number of H-pyrrole nitrogens is 1. The molecule has 1 fully saturated rings. The van der Waals surface area contributed by atoms with E-state index in [0.29, 0.717) is 0 Å². The maximum atomic E-state index is 6.19. The molecule has 1 atom stereocenters. The fraction of sp³-hybridized carbons (Fsp3) is 0.625. The van der Waals surface area contributed by atoms with Crippen LogP contribution in [0.25, 0.3) is 0 Å². The van der Waals surface area contributed by atoms with Gasteiger partial charge in [-0.25, -0.2) is 0 Å². The minimum Gasteiger partial charge on any atom is -0.320 e. The van der Waals surface area contributed by atoms with E-state index in [9.17, 15) is 0 Å². The van der Waals surface area contributed by atoms with Crippen molar-refractivity contribution < 1.29 is 0 Å². The van der Waals surface area contributed by atoms with E-state index < -0.39 is 0 Å². The molecule has 1 heterocycles. The lowest BCUT2D eigenvalue weighted by Gasteiger charge is -2.12. The van der Waals surface area contributed by atoms with Gasteiger partial charge in [0, 0.05) is 0 Å². The predicted octanol–water partition coefficient (Wildman–Crippen LogP) is 1.76. The Bertz CT molecular complexity index is 318. The Morgan fingerprint density at radius 3 is 2.58 bits per heavy atom. The van der Waals surface area contributed by atoms with Gasteiger partial charge in [-0.3, -0.25) is 5.10 Å².